The van der Waals surface area contributed by atoms with E-state index in [0.717, 1.165) is 4.90 Å². The second-order valence-electron chi connectivity index (χ2n) is 5.89. The van der Waals surface area contributed by atoms with E-state index < -0.39 is 12.1 Å². The van der Waals surface area contributed by atoms with Gasteiger partial charge in [-0.2, -0.15) is 15.0 Å². The molecule has 2 heterocycles. The number of nitrogens with zero attached hydrogens (tertiary/aromatic N) is 6. The Balaban J connectivity index is 1.89. The van der Waals surface area contributed by atoms with Crippen LogP contribution in [0.3, 0.4) is 0 Å². The zero-order valence-electron chi connectivity index (χ0n) is 14.2. The normalized spacial score (nSPS) is 17.3. The Morgan fingerprint density at radius 3 is 2.44 bits per heavy atom. The summed E-state index contributed by atoms with van der Waals surface area (Å²) in [6.45, 7) is 1.64. The molecule has 0 saturated carbocycles. The highest BCUT2D eigenvalue weighted by Crippen LogP contribution is 2.26. The molecule has 1 aromatic carbocycles. The summed E-state index contributed by atoms with van der Waals surface area (Å²) in [5.74, 6) is 0.370. The fourth-order valence-electron chi connectivity index (χ4n) is 2.63. The van der Waals surface area contributed by atoms with Crippen LogP contribution in [0.2, 0.25) is 0 Å². The van der Waals surface area contributed by atoms with Crippen molar-refractivity contribution in [2.75, 3.05) is 29.6 Å². The van der Waals surface area contributed by atoms with Crippen molar-refractivity contribution in [2.45, 2.75) is 19.5 Å². The maximum atomic E-state index is 12.8. The maximum absolute atomic E-state index is 12.8. The number of urea groups is 1. The van der Waals surface area contributed by atoms with Crippen molar-refractivity contribution in [2.24, 2.45) is 0 Å². The van der Waals surface area contributed by atoms with E-state index in [2.05, 4.69) is 15.0 Å². The van der Waals surface area contributed by atoms with Gasteiger partial charge in [-0.3, -0.25) is 14.6 Å². The van der Waals surface area contributed by atoms with Crippen LogP contribution in [0.1, 0.15) is 12.7 Å². The highest BCUT2D eigenvalue weighted by atomic mass is 16.2. The van der Waals surface area contributed by atoms with E-state index in [1.165, 1.54) is 4.90 Å². The fraction of sp³-hybridized carbons (Fsp3) is 0.312. The quantitative estimate of drug-likeness (QED) is 0.822. The lowest BCUT2D eigenvalue weighted by Gasteiger charge is -2.19. The molecular weight excluding hydrogens is 322 g/mol. The first-order chi connectivity index (χ1) is 11.9. The molecule has 0 unspecified atom stereocenters. The van der Waals surface area contributed by atoms with Crippen molar-refractivity contribution in [3.05, 3.63) is 36.2 Å². The summed E-state index contributed by atoms with van der Waals surface area (Å²) >= 11 is 0. The largest absolute Gasteiger partial charge is 0.368 e. The molecule has 9 heteroatoms. The third kappa shape index (κ3) is 3.08. The Hall–Kier alpha value is -3.23. The molecule has 0 spiro atoms. The number of hydrogen-bond acceptors (Lipinski definition) is 7. The molecule has 9 nitrogen and oxygen atoms in total. The Bertz CT molecular complexity index is 809. The van der Waals surface area contributed by atoms with Crippen LogP contribution in [-0.4, -0.2) is 51.9 Å². The van der Waals surface area contributed by atoms with Gasteiger partial charge in [0.15, 0.2) is 5.82 Å². The Kier molecular flexibility index (Phi) is 4.22. The summed E-state index contributed by atoms with van der Waals surface area (Å²) in [4.78, 5) is 41.9. The lowest BCUT2D eigenvalue weighted by molar-refractivity contribution is -0.127. The monoisotopic (exact) mass is 341 g/mol. The van der Waals surface area contributed by atoms with Gasteiger partial charge in [0.2, 0.25) is 11.9 Å². The van der Waals surface area contributed by atoms with Crippen LogP contribution >= 0.6 is 0 Å². The van der Waals surface area contributed by atoms with Crippen LogP contribution in [0.15, 0.2) is 30.3 Å². The number of benzene rings is 1. The van der Waals surface area contributed by atoms with Crippen molar-refractivity contribution in [1.82, 2.24) is 19.9 Å². The summed E-state index contributed by atoms with van der Waals surface area (Å²) < 4.78 is 0. The standard InChI is InChI=1S/C16H19N7O2/c1-10-13(24)22(16(25)23(10)11-7-5-4-6-8-11)9-12-18-14(17)20-15(19-12)21(2)3/h4-8,10H,9H2,1-3H3,(H2,17,18,19,20)/t10-/m1/s1. The van der Waals surface area contributed by atoms with Crippen LogP contribution in [-0.2, 0) is 11.3 Å². The number of rotatable bonds is 4. The van der Waals surface area contributed by atoms with Gasteiger partial charge in [-0.1, -0.05) is 18.2 Å². The zero-order chi connectivity index (χ0) is 18.1. The molecule has 0 bridgehead atoms. The highest BCUT2D eigenvalue weighted by molar-refractivity contribution is 6.13. The smallest absolute Gasteiger partial charge is 0.332 e. The number of anilines is 3. The van der Waals surface area contributed by atoms with Gasteiger partial charge in [0.25, 0.3) is 5.91 Å². The van der Waals surface area contributed by atoms with E-state index >= 15 is 0 Å². The fourth-order valence-corrected chi connectivity index (χ4v) is 2.63. The SMILES string of the molecule is C[C@@H]1C(=O)N(Cc2nc(N)nc(N(C)C)n2)C(=O)N1c1ccccc1. The number of nitrogen functional groups attached to an aromatic ring is 1. The van der Waals surface area contributed by atoms with Gasteiger partial charge in [-0.25, -0.2) is 4.79 Å². The molecule has 25 heavy (non-hydrogen) atoms. The Morgan fingerprint density at radius 1 is 1.12 bits per heavy atom. The van der Waals surface area contributed by atoms with E-state index in [1.54, 1.807) is 38.1 Å². The Labute approximate surface area is 145 Å². The van der Waals surface area contributed by atoms with Crippen LogP contribution in [0.25, 0.3) is 0 Å². The summed E-state index contributed by atoms with van der Waals surface area (Å²) in [7, 11) is 3.54. The van der Waals surface area contributed by atoms with E-state index in [4.69, 9.17) is 5.73 Å². The predicted molar refractivity (Wildman–Crippen MR) is 92.9 cm³/mol. The molecular formula is C16H19N7O2. The second-order valence-corrected chi connectivity index (χ2v) is 5.89. The summed E-state index contributed by atoms with van der Waals surface area (Å²) in [5, 5.41) is 0. The molecule has 1 fully saturated rings. The first kappa shape index (κ1) is 16.6. The van der Waals surface area contributed by atoms with E-state index in [1.807, 2.05) is 18.2 Å². The average molecular weight is 341 g/mol. The molecule has 3 rings (SSSR count). The van der Waals surface area contributed by atoms with Crippen molar-refractivity contribution in [1.29, 1.82) is 0 Å². The number of aromatic nitrogens is 3. The lowest BCUT2D eigenvalue weighted by Crippen LogP contribution is -2.34. The molecule has 1 atom stereocenters. The van der Waals surface area contributed by atoms with Gasteiger partial charge < -0.3 is 10.6 Å². The molecule has 0 radical (unpaired) electrons. The molecule has 0 aliphatic carbocycles. The van der Waals surface area contributed by atoms with Crippen LogP contribution in [0, 0.1) is 0 Å². The first-order valence-corrected chi connectivity index (χ1v) is 7.76. The summed E-state index contributed by atoms with van der Waals surface area (Å²) in [5.41, 5.74) is 6.37. The number of amides is 3. The molecule has 1 saturated heterocycles. The zero-order valence-corrected chi connectivity index (χ0v) is 14.2. The van der Waals surface area contributed by atoms with Crippen LogP contribution in [0.4, 0.5) is 22.4 Å². The van der Waals surface area contributed by atoms with Gasteiger partial charge in [0.1, 0.15) is 6.04 Å². The number of hydrogen-bond donors (Lipinski definition) is 1. The second kappa shape index (κ2) is 6.34. The minimum atomic E-state index is -0.595. The molecule has 1 aliphatic rings. The lowest BCUT2D eigenvalue weighted by atomic mass is 10.2. The van der Waals surface area contributed by atoms with Crippen LogP contribution in [0.5, 0.6) is 0 Å². The van der Waals surface area contributed by atoms with E-state index in [-0.39, 0.29) is 24.2 Å². The topological polar surface area (TPSA) is 109 Å². The molecule has 2 aromatic rings. The van der Waals surface area contributed by atoms with Crippen molar-refractivity contribution < 1.29 is 9.59 Å². The number of para-hydroxylation sites is 1. The number of carbonyl (C=O) groups is 2. The first-order valence-electron chi connectivity index (χ1n) is 7.76. The summed E-state index contributed by atoms with van der Waals surface area (Å²) in [6, 6.07) is 8.06. The van der Waals surface area contributed by atoms with Gasteiger partial charge in [0, 0.05) is 19.8 Å². The van der Waals surface area contributed by atoms with Gasteiger partial charge >= 0.3 is 6.03 Å². The maximum Gasteiger partial charge on any atom is 0.332 e. The molecule has 1 aromatic heterocycles. The summed E-state index contributed by atoms with van der Waals surface area (Å²) in [6.07, 6.45) is 0. The van der Waals surface area contributed by atoms with Gasteiger partial charge in [-0.05, 0) is 19.1 Å². The molecule has 3 amide bonds. The number of nitrogens with two attached hydrogens (primary N) is 1. The Morgan fingerprint density at radius 2 is 1.80 bits per heavy atom. The van der Waals surface area contributed by atoms with E-state index in [0.29, 0.717) is 11.6 Å². The predicted octanol–water partition coefficient (Wildman–Crippen LogP) is 0.877. The van der Waals surface area contributed by atoms with Crippen molar-refractivity contribution >= 4 is 29.5 Å². The third-order valence-electron chi connectivity index (χ3n) is 3.87. The van der Waals surface area contributed by atoms with Crippen molar-refractivity contribution in [3.8, 4) is 0 Å². The molecule has 2 N–H and O–H groups in total. The molecule has 130 valence electrons. The highest BCUT2D eigenvalue weighted by Gasteiger charge is 2.43. The third-order valence-corrected chi connectivity index (χ3v) is 3.87. The van der Waals surface area contributed by atoms with Crippen molar-refractivity contribution in [3.63, 3.8) is 0 Å². The van der Waals surface area contributed by atoms with Crippen LogP contribution < -0.4 is 15.5 Å². The molecule has 1 aliphatic heterocycles. The minimum Gasteiger partial charge on any atom is -0.368 e. The average Bonchev–Trinajstić information content (AvgIpc) is 2.79. The van der Waals surface area contributed by atoms with Gasteiger partial charge in [0.05, 0.1) is 6.54 Å². The minimum absolute atomic E-state index is 0.0424. The van der Waals surface area contributed by atoms with Gasteiger partial charge in [-0.15, -0.1) is 0 Å². The number of carbonyl (C=O) groups excluding carboxylic acids is 2. The van der Waals surface area contributed by atoms with E-state index in [9.17, 15) is 9.59 Å². The number of imide groups is 1.